The first-order valence-electron chi connectivity index (χ1n) is 11.3. The van der Waals surface area contributed by atoms with E-state index in [4.69, 9.17) is 14.2 Å². The summed E-state index contributed by atoms with van der Waals surface area (Å²) in [5, 5.41) is 1.13. The molecule has 3 aromatic rings. The van der Waals surface area contributed by atoms with E-state index in [0.29, 0.717) is 19.6 Å². The van der Waals surface area contributed by atoms with E-state index in [2.05, 4.69) is 17.1 Å². The molecular formula is C26H32N2O4. The van der Waals surface area contributed by atoms with Crippen LogP contribution in [0.2, 0.25) is 0 Å². The van der Waals surface area contributed by atoms with Crippen molar-refractivity contribution in [3.8, 4) is 22.8 Å². The second-order valence-electron chi connectivity index (χ2n) is 8.44. The molecule has 2 aromatic carbocycles. The Morgan fingerprint density at radius 2 is 1.94 bits per heavy atom. The third-order valence-corrected chi connectivity index (χ3v) is 6.08. The highest BCUT2D eigenvalue weighted by atomic mass is 16.5. The van der Waals surface area contributed by atoms with Gasteiger partial charge in [0.25, 0.3) is 0 Å². The van der Waals surface area contributed by atoms with Crippen LogP contribution in [0.5, 0.6) is 11.5 Å². The molecular weight excluding hydrogens is 404 g/mol. The van der Waals surface area contributed by atoms with Crippen molar-refractivity contribution >= 4 is 16.8 Å². The van der Waals surface area contributed by atoms with E-state index >= 15 is 0 Å². The topological polar surface area (TPSA) is 63.8 Å². The van der Waals surface area contributed by atoms with Crippen LogP contribution >= 0.6 is 0 Å². The number of nitrogens with one attached hydrogen (secondary N) is 1. The minimum absolute atomic E-state index is 0.00334. The molecule has 2 heterocycles. The number of carbonyl (C=O) groups is 1. The Morgan fingerprint density at radius 3 is 2.69 bits per heavy atom. The fourth-order valence-electron chi connectivity index (χ4n) is 4.60. The number of benzene rings is 2. The van der Waals surface area contributed by atoms with Gasteiger partial charge in [-0.25, -0.2) is 0 Å². The van der Waals surface area contributed by atoms with E-state index in [-0.39, 0.29) is 18.1 Å². The van der Waals surface area contributed by atoms with Crippen molar-refractivity contribution in [2.75, 3.05) is 27.4 Å². The lowest BCUT2D eigenvalue weighted by Crippen LogP contribution is -2.29. The highest BCUT2D eigenvalue weighted by Crippen LogP contribution is 2.45. The van der Waals surface area contributed by atoms with Gasteiger partial charge in [0.1, 0.15) is 11.5 Å². The molecule has 0 spiro atoms. The first-order chi connectivity index (χ1) is 15.5. The molecule has 1 aliphatic rings. The number of para-hydroxylation sites is 1. The van der Waals surface area contributed by atoms with Crippen molar-refractivity contribution in [3.63, 3.8) is 0 Å². The Bertz CT molecular complexity index is 1090. The molecule has 1 atom stereocenters. The third kappa shape index (κ3) is 4.32. The van der Waals surface area contributed by atoms with Crippen molar-refractivity contribution in [2.45, 2.75) is 45.3 Å². The Kier molecular flexibility index (Phi) is 6.70. The summed E-state index contributed by atoms with van der Waals surface area (Å²) in [4.78, 5) is 18.5. The van der Waals surface area contributed by atoms with Gasteiger partial charge in [-0.3, -0.25) is 4.79 Å². The van der Waals surface area contributed by atoms with Crippen LogP contribution in [-0.2, 0) is 9.53 Å². The second-order valence-corrected chi connectivity index (χ2v) is 8.44. The third-order valence-electron chi connectivity index (χ3n) is 6.08. The molecule has 1 saturated heterocycles. The lowest BCUT2D eigenvalue weighted by molar-refractivity contribution is -0.129. The Labute approximate surface area is 189 Å². The number of H-pyrrole nitrogens is 1. The number of ether oxygens (including phenoxy) is 3. The van der Waals surface area contributed by atoms with E-state index < -0.39 is 0 Å². The molecule has 1 aliphatic heterocycles. The van der Waals surface area contributed by atoms with Gasteiger partial charge >= 0.3 is 0 Å². The molecule has 6 nitrogen and oxygen atoms in total. The van der Waals surface area contributed by atoms with Gasteiger partial charge in [0.15, 0.2) is 0 Å². The average molecular weight is 437 g/mol. The number of nitrogens with zero attached hydrogens (tertiary/aromatic N) is 1. The molecule has 1 aromatic heterocycles. The number of hydrogen-bond acceptors (Lipinski definition) is 4. The summed E-state index contributed by atoms with van der Waals surface area (Å²) < 4.78 is 16.9. The number of hydrogen-bond donors (Lipinski definition) is 1. The summed E-state index contributed by atoms with van der Waals surface area (Å²) in [6.45, 7) is 5.40. The molecule has 0 radical (unpaired) electrons. The number of aromatic amines is 1. The second kappa shape index (κ2) is 9.65. The zero-order chi connectivity index (χ0) is 22.7. The van der Waals surface area contributed by atoms with Crippen molar-refractivity contribution in [2.24, 2.45) is 0 Å². The minimum Gasteiger partial charge on any atom is -0.497 e. The molecule has 6 heteroatoms. The molecule has 1 fully saturated rings. The van der Waals surface area contributed by atoms with Gasteiger partial charge in [-0.2, -0.15) is 0 Å². The van der Waals surface area contributed by atoms with Crippen LogP contribution < -0.4 is 9.47 Å². The molecule has 0 aliphatic carbocycles. The Balaban J connectivity index is 1.78. The van der Waals surface area contributed by atoms with E-state index in [0.717, 1.165) is 52.1 Å². The standard InChI is InChI=1S/C26H32N2O4/c1-17(2)32-15-7-14-28-22(11-13-24(28)29)25-19-8-5-6-9-21(19)27-26(25)20-16-18(30-3)10-12-23(20)31-4/h5-6,8-10,12,16-17,22,27H,7,11,13-15H2,1-4H3/t22-/m1/s1. The van der Waals surface area contributed by atoms with Gasteiger partial charge in [-0.1, -0.05) is 18.2 Å². The zero-order valence-corrected chi connectivity index (χ0v) is 19.3. The SMILES string of the molecule is COc1ccc(OC)c(-c2[nH]c3ccccc3c2[C@H]2CCC(=O)N2CCCOC(C)C)c1. The molecule has 170 valence electrons. The number of carbonyl (C=O) groups excluding carboxylic acids is 1. The molecule has 0 unspecified atom stereocenters. The molecule has 0 bridgehead atoms. The Morgan fingerprint density at radius 1 is 1.12 bits per heavy atom. The van der Waals surface area contributed by atoms with Crippen molar-refractivity contribution < 1.29 is 19.0 Å². The predicted molar refractivity (Wildman–Crippen MR) is 126 cm³/mol. The summed E-state index contributed by atoms with van der Waals surface area (Å²) >= 11 is 0. The zero-order valence-electron chi connectivity index (χ0n) is 19.3. The maximum atomic E-state index is 12.8. The molecule has 1 N–H and O–H groups in total. The largest absolute Gasteiger partial charge is 0.497 e. The number of rotatable bonds is 9. The fourth-order valence-corrected chi connectivity index (χ4v) is 4.60. The summed E-state index contributed by atoms with van der Waals surface area (Å²) in [5.41, 5.74) is 4.10. The van der Waals surface area contributed by atoms with Crippen LogP contribution in [0.25, 0.3) is 22.2 Å². The van der Waals surface area contributed by atoms with Gasteiger partial charge in [0, 0.05) is 41.6 Å². The minimum atomic E-state index is 0.00334. The summed E-state index contributed by atoms with van der Waals surface area (Å²) in [7, 11) is 3.34. The van der Waals surface area contributed by atoms with Crippen molar-refractivity contribution in [1.29, 1.82) is 0 Å². The lowest BCUT2D eigenvalue weighted by atomic mass is 9.96. The monoisotopic (exact) mass is 436 g/mol. The maximum Gasteiger partial charge on any atom is 0.223 e. The van der Waals surface area contributed by atoms with Crippen LogP contribution in [0.15, 0.2) is 42.5 Å². The van der Waals surface area contributed by atoms with Gasteiger partial charge in [-0.05, 0) is 51.0 Å². The normalized spacial score (nSPS) is 16.3. The van der Waals surface area contributed by atoms with E-state index in [1.54, 1.807) is 14.2 Å². The van der Waals surface area contributed by atoms with Gasteiger partial charge in [0.05, 0.1) is 32.1 Å². The van der Waals surface area contributed by atoms with Crippen LogP contribution in [0.3, 0.4) is 0 Å². The van der Waals surface area contributed by atoms with E-state index in [1.807, 2.05) is 49.1 Å². The average Bonchev–Trinajstić information content (AvgIpc) is 3.36. The Hall–Kier alpha value is -2.99. The molecule has 32 heavy (non-hydrogen) atoms. The van der Waals surface area contributed by atoms with Crippen LogP contribution in [0.1, 0.15) is 44.7 Å². The number of methoxy groups -OCH3 is 2. The first kappa shape index (κ1) is 22.2. The van der Waals surface area contributed by atoms with Crippen LogP contribution in [-0.4, -0.2) is 49.3 Å². The lowest BCUT2D eigenvalue weighted by Gasteiger charge is -2.26. The molecule has 1 amide bonds. The van der Waals surface area contributed by atoms with Crippen molar-refractivity contribution in [1.82, 2.24) is 9.88 Å². The number of fused-ring (bicyclic) bond motifs is 1. The van der Waals surface area contributed by atoms with Gasteiger partial charge in [0.2, 0.25) is 5.91 Å². The summed E-state index contributed by atoms with van der Waals surface area (Å²) in [6.07, 6.45) is 2.37. The smallest absolute Gasteiger partial charge is 0.223 e. The first-order valence-corrected chi connectivity index (χ1v) is 11.3. The fraction of sp³-hybridized carbons (Fsp3) is 0.423. The highest BCUT2D eigenvalue weighted by molar-refractivity contribution is 5.94. The molecule has 4 rings (SSSR count). The maximum absolute atomic E-state index is 12.8. The number of amides is 1. The van der Waals surface area contributed by atoms with Crippen LogP contribution in [0.4, 0.5) is 0 Å². The van der Waals surface area contributed by atoms with E-state index in [1.165, 1.54) is 0 Å². The summed E-state index contributed by atoms with van der Waals surface area (Å²) in [6, 6.07) is 14.1. The van der Waals surface area contributed by atoms with Gasteiger partial charge < -0.3 is 24.1 Å². The van der Waals surface area contributed by atoms with Crippen molar-refractivity contribution in [3.05, 3.63) is 48.0 Å². The van der Waals surface area contributed by atoms with Crippen LogP contribution in [0, 0.1) is 0 Å². The number of likely N-dealkylation sites (tertiary alicyclic amines) is 1. The number of aromatic nitrogens is 1. The molecule has 0 saturated carbocycles. The summed E-state index contributed by atoms with van der Waals surface area (Å²) in [5.74, 6) is 1.73. The highest BCUT2D eigenvalue weighted by Gasteiger charge is 2.35. The van der Waals surface area contributed by atoms with E-state index in [9.17, 15) is 4.79 Å². The predicted octanol–water partition coefficient (Wildman–Crippen LogP) is 5.33. The van der Waals surface area contributed by atoms with Gasteiger partial charge in [-0.15, -0.1) is 0 Å². The quantitative estimate of drug-likeness (QED) is 0.461.